The molecular formula is C13H13FN2O2S2. The maximum Gasteiger partial charge on any atom is 0.338 e. The lowest BCUT2D eigenvalue weighted by Gasteiger charge is -2.12. The fourth-order valence-electron chi connectivity index (χ4n) is 1.39. The molecule has 1 N–H and O–H groups in total. The summed E-state index contributed by atoms with van der Waals surface area (Å²) in [6.07, 6.45) is 0. The van der Waals surface area contributed by atoms with Crippen molar-refractivity contribution in [3.8, 4) is 0 Å². The van der Waals surface area contributed by atoms with Gasteiger partial charge in [-0.1, -0.05) is 32.5 Å². The van der Waals surface area contributed by atoms with Crippen LogP contribution in [0.15, 0.2) is 27.4 Å². The number of carbonyl (C=O) groups is 1. The van der Waals surface area contributed by atoms with Crippen LogP contribution in [0, 0.1) is 5.82 Å². The van der Waals surface area contributed by atoms with Crippen molar-refractivity contribution >= 4 is 29.3 Å². The second-order valence-corrected chi connectivity index (χ2v) is 7.26. The van der Waals surface area contributed by atoms with E-state index in [9.17, 15) is 9.18 Å². The molecule has 0 fully saturated rings. The molecule has 0 spiro atoms. The first-order chi connectivity index (χ1) is 9.27. The predicted octanol–water partition coefficient (Wildman–Crippen LogP) is 3.82. The smallest absolute Gasteiger partial charge is 0.338 e. The Bertz CT molecular complexity index is 650. The van der Waals surface area contributed by atoms with Crippen molar-refractivity contribution in [2.24, 2.45) is 0 Å². The van der Waals surface area contributed by atoms with E-state index < -0.39 is 11.8 Å². The van der Waals surface area contributed by atoms with Crippen molar-refractivity contribution in [1.29, 1.82) is 0 Å². The topological polar surface area (TPSA) is 63.1 Å². The van der Waals surface area contributed by atoms with Gasteiger partial charge in [0.2, 0.25) is 0 Å². The number of hydrogen-bond donors (Lipinski definition) is 1. The molecule has 7 heteroatoms. The zero-order valence-electron chi connectivity index (χ0n) is 11.2. The highest BCUT2D eigenvalue weighted by atomic mass is 32.2. The quantitative estimate of drug-likeness (QED) is 0.933. The molecule has 4 nitrogen and oxygen atoms in total. The highest BCUT2D eigenvalue weighted by Gasteiger charge is 2.20. The Kier molecular flexibility index (Phi) is 4.10. The minimum absolute atomic E-state index is 0.135. The van der Waals surface area contributed by atoms with Crippen LogP contribution in [0.4, 0.5) is 4.39 Å². The van der Waals surface area contributed by atoms with E-state index in [0.717, 1.165) is 11.9 Å². The van der Waals surface area contributed by atoms with Crippen LogP contribution in [0.1, 0.15) is 37.0 Å². The third kappa shape index (κ3) is 3.34. The summed E-state index contributed by atoms with van der Waals surface area (Å²) >= 11 is 2.53. The first-order valence-corrected chi connectivity index (χ1v) is 7.41. The summed E-state index contributed by atoms with van der Waals surface area (Å²) in [6, 6.07) is 3.99. The van der Waals surface area contributed by atoms with E-state index in [2.05, 4.69) is 9.36 Å². The molecule has 1 heterocycles. The Morgan fingerprint density at radius 1 is 1.40 bits per heavy atom. The van der Waals surface area contributed by atoms with Crippen molar-refractivity contribution in [1.82, 2.24) is 9.36 Å². The lowest BCUT2D eigenvalue weighted by molar-refractivity contribution is 0.0691. The van der Waals surface area contributed by atoms with E-state index in [1.54, 1.807) is 0 Å². The first-order valence-electron chi connectivity index (χ1n) is 5.82. The Balaban J connectivity index is 2.24. The van der Waals surface area contributed by atoms with Gasteiger partial charge in [0, 0.05) is 10.3 Å². The van der Waals surface area contributed by atoms with Crippen molar-refractivity contribution in [2.75, 3.05) is 0 Å². The number of aromatic carboxylic acids is 1. The summed E-state index contributed by atoms with van der Waals surface area (Å²) in [7, 11) is 0. The maximum atomic E-state index is 13.3. The van der Waals surface area contributed by atoms with E-state index in [0.29, 0.717) is 9.24 Å². The van der Waals surface area contributed by atoms with E-state index >= 15 is 0 Å². The van der Waals surface area contributed by atoms with Gasteiger partial charge in [-0.05, 0) is 29.7 Å². The summed E-state index contributed by atoms with van der Waals surface area (Å²) in [5, 5.41) is 8.89. The number of halogens is 1. The number of aromatic nitrogens is 2. The fourth-order valence-corrected chi connectivity index (χ4v) is 3.19. The van der Waals surface area contributed by atoms with Crippen molar-refractivity contribution in [2.45, 2.75) is 35.4 Å². The average molecular weight is 312 g/mol. The summed E-state index contributed by atoms with van der Waals surface area (Å²) in [5.74, 6) is -1.28. The molecule has 0 radical (unpaired) electrons. The van der Waals surface area contributed by atoms with Crippen molar-refractivity contribution in [3.63, 3.8) is 0 Å². The van der Waals surface area contributed by atoms with Crippen LogP contribution in [0.5, 0.6) is 0 Å². The highest BCUT2D eigenvalue weighted by Crippen LogP contribution is 2.32. The van der Waals surface area contributed by atoms with Crippen molar-refractivity contribution < 1.29 is 14.3 Å². The number of carboxylic acid groups (broad SMARTS) is 1. The summed E-state index contributed by atoms with van der Waals surface area (Å²) < 4.78 is 18.3. The molecule has 0 aliphatic heterocycles. The Labute approximate surface area is 124 Å². The molecule has 0 atom stereocenters. The summed E-state index contributed by atoms with van der Waals surface area (Å²) in [6.45, 7) is 6.05. The molecule has 0 amide bonds. The summed E-state index contributed by atoms with van der Waals surface area (Å²) in [5.41, 5.74) is -0.472. The molecule has 106 valence electrons. The number of nitrogens with zero attached hydrogens (tertiary/aromatic N) is 2. The van der Waals surface area contributed by atoms with Crippen LogP contribution in [0.25, 0.3) is 0 Å². The SMILES string of the molecule is CC(C)(C)c1nsc(Sc2ccc(F)c(C(=O)O)c2)n1. The van der Waals surface area contributed by atoms with Gasteiger partial charge in [0.05, 0.1) is 5.56 Å². The summed E-state index contributed by atoms with van der Waals surface area (Å²) in [4.78, 5) is 15.9. The third-order valence-corrected chi connectivity index (χ3v) is 4.19. The van der Waals surface area contributed by atoms with E-state index in [1.807, 2.05) is 20.8 Å². The van der Waals surface area contributed by atoms with E-state index in [-0.39, 0.29) is 11.0 Å². The molecule has 1 aromatic heterocycles. The molecule has 0 aliphatic carbocycles. The van der Waals surface area contributed by atoms with Gasteiger partial charge in [0.25, 0.3) is 0 Å². The number of hydrogen-bond acceptors (Lipinski definition) is 5. The minimum Gasteiger partial charge on any atom is -0.478 e. The molecular weight excluding hydrogens is 299 g/mol. The molecule has 0 aliphatic rings. The average Bonchev–Trinajstić information content (AvgIpc) is 2.79. The number of carboxylic acids is 1. The van der Waals surface area contributed by atoms with Crippen LogP contribution in [0.2, 0.25) is 0 Å². The standard InChI is InChI=1S/C13H13FN2O2S2/c1-13(2,3)11-15-12(20-16-11)19-7-4-5-9(14)8(6-7)10(17)18/h4-6H,1-3H3,(H,17,18). The lowest BCUT2D eigenvalue weighted by atomic mass is 9.96. The molecule has 0 saturated heterocycles. The maximum absolute atomic E-state index is 13.3. The normalized spacial score (nSPS) is 11.6. The molecule has 20 heavy (non-hydrogen) atoms. The Morgan fingerprint density at radius 2 is 2.10 bits per heavy atom. The van der Waals surface area contributed by atoms with Crippen LogP contribution < -0.4 is 0 Å². The van der Waals surface area contributed by atoms with Gasteiger partial charge in [-0.15, -0.1) is 0 Å². The van der Waals surface area contributed by atoms with Crippen LogP contribution in [-0.4, -0.2) is 20.4 Å². The number of benzene rings is 1. The second kappa shape index (κ2) is 5.49. The van der Waals surface area contributed by atoms with Crippen LogP contribution >= 0.6 is 23.3 Å². The van der Waals surface area contributed by atoms with Crippen molar-refractivity contribution in [3.05, 3.63) is 35.4 Å². The minimum atomic E-state index is -1.28. The lowest BCUT2D eigenvalue weighted by Crippen LogP contribution is -2.12. The Morgan fingerprint density at radius 3 is 2.65 bits per heavy atom. The fraction of sp³-hybridized carbons (Fsp3) is 0.308. The van der Waals surface area contributed by atoms with Gasteiger partial charge in [-0.2, -0.15) is 4.37 Å². The van der Waals surface area contributed by atoms with Gasteiger partial charge < -0.3 is 5.11 Å². The molecule has 1 aromatic carbocycles. The number of rotatable bonds is 3. The third-order valence-electron chi connectivity index (χ3n) is 2.45. The molecule has 2 aromatic rings. The monoisotopic (exact) mass is 312 g/mol. The van der Waals surface area contributed by atoms with Gasteiger partial charge >= 0.3 is 5.97 Å². The Hall–Kier alpha value is -1.47. The van der Waals surface area contributed by atoms with Gasteiger partial charge in [0.15, 0.2) is 4.34 Å². The molecule has 0 bridgehead atoms. The zero-order valence-corrected chi connectivity index (χ0v) is 12.8. The zero-order chi connectivity index (χ0) is 14.9. The van der Waals surface area contributed by atoms with E-state index in [4.69, 9.17) is 5.11 Å². The van der Waals surface area contributed by atoms with Gasteiger partial charge in [-0.3, -0.25) is 0 Å². The first kappa shape index (κ1) is 14.9. The highest BCUT2D eigenvalue weighted by molar-refractivity contribution is 8.01. The van der Waals surface area contributed by atoms with Gasteiger partial charge in [0.1, 0.15) is 11.6 Å². The predicted molar refractivity (Wildman–Crippen MR) is 76.1 cm³/mol. The van der Waals surface area contributed by atoms with Crippen LogP contribution in [0.3, 0.4) is 0 Å². The second-order valence-electron chi connectivity index (χ2n) is 5.18. The molecule has 2 rings (SSSR count). The molecule has 0 saturated carbocycles. The van der Waals surface area contributed by atoms with E-state index in [1.165, 1.54) is 35.4 Å². The molecule has 0 unspecified atom stereocenters. The van der Waals surface area contributed by atoms with Gasteiger partial charge in [-0.25, -0.2) is 14.2 Å². The largest absolute Gasteiger partial charge is 0.478 e. The van der Waals surface area contributed by atoms with Crippen LogP contribution in [-0.2, 0) is 5.41 Å².